The minimum Gasteiger partial charge on any atom is -0.365 e. The fourth-order valence-electron chi connectivity index (χ4n) is 4.49. The van der Waals surface area contributed by atoms with E-state index in [0.717, 1.165) is 36.7 Å². The van der Waals surface area contributed by atoms with Gasteiger partial charge in [-0.05, 0) is 31.2 Å². The lowest BCUT2D eigenvalue weighted by Gasteiger charge is -2.36. The topological polar surface area (TPSA) is 60.0 Å². The fraction of sp³-hybridized carbons (Fsp3) is 0.524. The summed E-state index contributed by atoms with van der Waals surface area (Å²) in [7, 11) is 0. The van der Waals surface area contributed by atoms with Crippen LogP contribution in [0.2, 0.25) is 0 Å². The van der Waals surface area contributed by atoms with Gasteiger partial charge in [-0.1, -0.05) is 43.7 Å². The van der Waals surface area contributed by atoms with Crippen molar-refractivity contribution >= 4 is 11.9 Å². The van der Waals surface area contributed by atoms with Crippen LogP contribution >= 0.6 is 0 Å². The molecule has 3 aliphatic heterocycles. The van der Waals surface area contributed by atoms with Crippen LogP contribution in [0.4, 0.5) is 4.79 Å². The quantitative estimate of drug-likeness (QED) is 0.843. The second-order valence-electron chi connectivity index (χ2n) is 8.02. The van der Waals surface area contributed by atoms with Gasteiger partial charge < -0.3 is 10.6 Å². The minimum absolute atomic E-state index is 0.0871. The van der Waals surface area contributed by atoms with Crippen LogP contribution in [0, 0.1) is 5.92 Å². The molecule has 1 aliphatic carbocycles. The van der Waals surface area contributed by atoms with Crippen molar-refractivity contribution in [2.24, 2.45) is 10.9 Å². The van der Waals surface area contributed by atoms with Gasteiger partial charge in [0, 0.05) is 25.0 Å². The number of nitrogens with zero attached hydrogens (tertiary/aromatic N) is 3. The zero-order chi connectivity index (χ0) is 18.4. The predicted octanol–water partition coefficient (Wildman–Crippen LogP) is 2.65. The van der Waals surface area contributed by atoms with Crippen molar-refractivity contribution in [1.82, 2.24) is 20.4 Å². The lowest BCUT2D eigenvalue weighted by molar-refractivity contribution is 0.146. The number of amides is 2. The molecule has 2 amide bonds. The molecule has 4 aliphatic rings. The van der Waals surface area contributed by atoms with Crippen molar-refractivity contribution in [3.05, 3.63) is 47.4 Å². The summed E-state index contributed by atoms with van der Waals surface area (Å²) in [5.74, 6) is 2.56. The predicted molar refractivity (Wildman–Crippen MR) is 105 cm³/mol. The average molecular weight is 365 g/mol. The van der Waals surface area contributed by atoms with Crippen LogP contribution in [0.5, 0.6) is 0 Å². The molecule has 27 heavy (non-hydrogen) atoms. The molecule has 0 spiro atoms. The number of amidine groups is 1. The number of benzene rings is 1. The van der Waals surface area contributed by atoms with E-state index in [-0.39, 0.29) is 18.2 Å². The van der Waals surface area contributed by atoms with Crippen LogP contribution in [0.15, 0.2) is 46.8 Å². The summed E-state index contributed by atoms with van der Waals surface area (Å²) in [5, 5.41) is 7.21. The second-order valence-corrected chi connectivity index (χ2v) is 8.02. The number of carbonyl (C=O) groups is 1. The van der Waals surface area contributed by atoms with E-state index in [1.807, 2.05) is 15.9 Å². The summed E-state index contributed by atoms with van der Waals surface area (Å²) in [6, 6.07) is 10.8. The van der Waals surface area contributed by atoms with Crippen LogP contribution in [0.1, 0.15) is 38.2 Å². The molecule has 1 unspecified atom stereocenters. The maximum atomic E-state index is 13.2. The van der Waals surface area contributed by atoms with Crippen LogP contribution in [0.25, 0.3) is 0 Å². The van der Waals surface area contributed by atoms with Gasteiger partial charge in [0.25, 0.3) is 0 Å². The van der Waals surface area contributed by atoms with E-state index < -0.39 is 0 Å². The summed E-state index contributed by atoms with van der Waals surface area (Å²) in [4.78, 5) is 22.0. The molecule has 2 fully saturated rings. The van der Waals surface area contributed by atoms with Gasteiger partial charge in [0.1, 0.15) is 17.4 Å². The van der Waals surface area contributed by atoms with Gasteiger partial charge in [-0.25, -0.2) is 9.79 Å². The Hall–Kier alpha value is -2.50. The first-order valence-corrected chi connectivity index (χ1v) is 10.2. The molecule has 5 rings (SSSR count). The van der Waals surface area contributed by atoms with E-state index >= 15 is 0 Å². The number of aliphatic imine (C=N–C) groups is 1. The molecule has 1 aromatic rings. The first-order valence-electron chi connectivity index (χ1n) is 10.2. The van der Waals surface area contributed by atoms with Crippen molar-refractivity contribution in [3.63, 3.8) is 0 Å². The highest BCUT2D eigenvalue weighted by atomic mass is 16.2. The molecule has 6 heteroatoms. The fourth-order valence-corrected chi connectivity index (χ4v) is 4.49. The van der Waals surface area contributed by atoms with Crippen LogP contribution < -0.4 is 10.6 Å². The monoisotopic (exact) mass is 365 g/mol. The Morgan fingerprint density at radius 2 is 2.04 bits per heavy atom. The molecule has 0 radical (unpaired) electrons. The third-order valence-corrected chi connectivity index (χ3v) is 6.10. The van der Waals surface area contributed by atoms with Crippen molar-refractivity contribution < 1.29 is 4.79 Å². The lowest BCUT2D eigenvalue weighted by atomic mass is 9.84. The first-order chi connectivity index (χ1) is 13.2. The van der Waals surface area contributed by atoms with Crippen LogP contribution in [0.3, 0.4) is 0 Å². The summed E-state index contributed by atoms with van der Waals surface area (Å²) in [5.41, 5.74) is 2.36. The summed E-state index contributed by atoms with van der Waals surface area (Å²) < 4.78 is 0. The second kappa shape index (κ2) is 6.59. The number of rotatable bonds is 5. The molecular formula is C21H27N5O. The van der Waals surface area contributed by atoms with Crippen molar-refractivity contribution in [2.45, 2.75) is 51.2 Å². The maximum Gasteiger partial charge on any atom is 0.327 e. The average Bonchev–Trinajstić information content (AvgIpc) is 3.22. The van der Waals surface area contributed by atoms with E-state index in [1.165, 1.54) is 24.8 Å². The zero-order valence-corrected chi connectivity index (χ0v) is 15.8. The Kier molecular flexibility index (Phi) is 4.06. The number of hydrogen-bond donors (Lipinski definition) is 2. The Labute approximate surface area is 160 Å². The Morgan fingerprint density at radius 3 is 2.74 bits per heavy atom. The molecule has 6 nitrogen and oxygen atoms in total. The van der Waals surface area contributed by atoms with Crippen LogP contribution in [-0.2, 0) is 6.42 Å². The first kappa shape index (κ1) is 16.7. The maximum absolute atomic E-state index is 13.2. The van der Waals surface area contributed by atoms with Gasteiger partial charge in [-0.3, -0.25) is 9.80 Å². The van der Waals surface area contributed by atoms with Gasteiger partial charge in [-0.15, -0.1) is 0 Å². The zero-order valence-electron chi connectivity index (χ0n) is 15.8. The highest BCUT2D eigenvalue weighted by Gasteiger charge is 2.47. The molecule has 0 bridgehead atoms. The van der Waals surface area contributed by atoms with E-state index in [2.05, 4.69) is 41.8 Å². The number of urea groups is 1. The summed E-state index contributed by atoms with van der Waals surface area (Å²) in [6.07, 6.45) is 5.36. The molecular weight excluding hydrogens is 338 g/mol. The van der Waals surface area contributed by atoms with Gasteiger partial charge in [-0.2, -0.15) is 0 Å². The molecule has 3 heterocycles. The number of carbonyl (C=O) groups excluding carboxylic acids is 1. The minimum atomic E-state index is -0.178. The SMILES string of the molecule is CCCN1C(=O)N2C[C@@H](Cc3ccccc3)NC2=C2NC(C3CCC3)=NC21. The van der Waals surface area contributed by atoms with Crippen molar-refractivity contribution in [2.75, 3.05) is 13.1 Å². The van der Waals surface area contributed by atoms with E-state index in [0.29, 0.717) is 12.5 Å². The number of hydrogen-bond acceptors (Lipinski definition) is 4. The third-order valence-electron chi connectivity index (χ3n) is 6.10. The highest BCUT2D eigenvalue weighted by molar-refractivity contribution is 5.91. The van der Waals surface area contributed by atoms with Crippen LogP contribution in [-0.4, -0.2) is 47.0 Å². The van der Waals surface area contributed by atoms with Crippen molar-refractivity contribution in [3.8, 4) is 0 Å². The van der Waals surface area contributed by atoms with Crippen molar-refractivity contribution in [1.29, 1.82) is 0 Å². The number of fused-ring (bicyclic) bond motifs is 2. The van der Waals surface area contributed by atoms with E-state index in [1.54, 1.807) is 0 Å². The van der Waals surface area contributed by atoms with E-state index in [4.69, 9.17) is 4.99 Å². The molecule has 2 N–H and O–H groups in total. The van der Waals surface area contributed by atoms with Gasteiger partial charge in [0.2, 0.25) is 0 Å². The summed E-state index contributed by atoms with van der Waals surface area (Å²) in [6.45, 7) is 3.56. The molecule has 2 atom stereocenters. The number of nitrogens with one attached hydrogen (secondary N) is 2. The lowest BCUT2D eigenvalue weighted by Crippen LogP contribution is -2.53. The van der Waals surface area contributed by atoms with E-state index in [9.17, 15) is 4.79 Å². The van der Waals surface area contributed by atoms with Gasteiger partial charge in [0.05, 0.1) is 0 Å². The molecule has 1 saturated heterocycles. The molecule has 1 aromatic carbocycles. The highest BCUT2D eigenvalue weighted by Crippen LogP contribution is 2.35. The normalized spacial score (nSPS) is 27.0. The molecule has 1 saturated carbocycles. The summed E-state index contributed by atoms with van der Waals surface area (Å²) >= 11 is 0. The smallest absolute Gasteiger partial charge is 0.327 e. The standard InChI is InChI=1S/C21H27N5O/c1-2-11-25-20-17(23-18(24-20)15-9-6-10-15)19-22-16(13-26(19)21(25)27)12-14-7-4-3-5-8-14/h3-5,7-8,15-16,20,22H,2,6,9-13H2,1H3,(H,23,24)/t16-,20?/m1/s1. The van der Waals surface area contributed by atoms with Gasteiger partial charge in [0.15, 0.2) is 6.17 Å². The third kappa shape index (κ3) is 2.78. The van der Waals surface area contributed by atoms with Gasteiger partial charge >= 0.3 is 6.03 Å². The molecule has 0 aromatic heterocycles. The molecule has 142 valence electrons. The Balaban J connectivity index is 1.43. The largest absolute Gasteiger partial charge is 0.365 e. The Bertz CT molecular complexity index is 798. The Morgan fingerprint density at radius 1 is 1.22 bits per heavy atom.